The fourth-order valence-electron chi connectivity index (χ4n) is 0.478. The van der Waals surface area contributed by atoms with Gasteiger partial charge >= 0.3 is 0 Å². The van der Waals surface area contributed by atoms with Crippen LogP contribution >= 0.6 is 0 Å². The van der Waals surface area contributed by atoms with Crippen LogP contribution in [0.1, 0.15) is 19.4 Å². The average molecular weight is 154 g/mol. The van der Waals surface area contributed by atoms with E-state index in [4.69, 9.17) is 11.5 Å². The van der Waals surface area contributed by atoms with Crippen molar-refractivity contribution < 1.29 is 0 Å². The van der Waals surface area contributed by atoms with Crippen molar-refractivity contribution >= 4 is 11.6 Å². The number of nitrogens with zero attached hydrogens (tertiary/aromatic N) is 2. The van der Waals surface area contributed by atoms with Crippen molar-refractivity contribution in [1.82, 2.24) is 9.97 Å². The largest absolute Gasteiger partial charge is 0.383 e. The lowest BCUT2D eigenvalue weighted by atomic mass is 10.3. The van der Waals surface area contributed by atoms with Crippen LogP contribution in [-0.4, -0.2) is 9.97 Å². The van der Waals surface area contributed by atoms with Crippen LogP contribution in [0.4, 0.5) is 11.6 Å². The van der Waals surface area contributed by atoms with Gasteiger partial charge in [-0.25, -0.2) is 9.97 Å². The van der Waals surface area contributed by atoms with Crippen LogP contribution in [0.5, 0.6) is 0 Å². The summed E-state index contributed by atoms with van der Waals surface area (Å²) in [5.41, 5.74) is 11.5. The first-order valence-electron chi connectivity index (χ1n) is 3.54. The van der Waals surface area contributed by atoms with Gasteiger partial charge in [0.25, 0.3) is 0 Å². The fourth-order valence-corrected chi connectivity index (χ4v) is 0.478. The molecule has 1 aromatic rings. The normalized spacial score (nSPS) is 8.27. The Labute approximate surface area is 66.7 Å². The SMILES string of the molecule is CC.Cc1c(N)ncnc1N. The molecule has 62 valence electrons. The molecule has 0 bridgehead atoms. The van der Waals surface area contributed by atoms with Gasteiger partial charge in [0.15, 0.2) is 0 Å². The summed E-state index contributed by atoms with van der Waals surface area (Å²) < 4.78 is 0. The maximum atomic E-state index is 5.39. The van der Waals surface area contributed by atoms with Crippen LogP contribution in [0, 0.1) is 6.92 Å². The Morgan fingerprint density at radius 1 is 1.09 bits per heavy atom. The van der Waals surface area contributed by atoms with Gasteiger partial charge in [-0.3, -0.25) is 0 Å². The van der Waals surface area contributed by atoms with Crippen molar-refractivity contribution in [1.29, 1.82) is 0 Å². The summed E-state index contributed by atoms with van der Waals surface area (Å²) in [6, 6.07) is 0. The molecule has 0 fully saturated rings. The van der Waals surface area contributed by atoms with E-state index in [1.807, 2.05) is 13.8 Å². The summed E-state index contributed by atoms with van der Waals surface area (Å²) in [7, 11) is 0. The van der Waals surface area contributed by atoms with Crippen LogP contribution in [-0.2, 0) is 0 Å². The zero-order valence-electron chi connectivity index (χ0n) is 7.13. The summed E-state index contributed by atoms with van der Waals surface area (Å²) in [4.78, 5) is 7.45. The minimum atomic E-state index is 0.447. The predicted octanol–water partition coefficient (Wildman–Crippen LogP) is 0.976. The molecule has 0 radical (unpaired) electrons. The van der Waals surface area contributed by atoms with Crippen molar-refractivity contribution in [3.63, 3.8) is 0 Å². The minimum Gasteiger partial charge on any atom is -0.383 e. The number of hydrogen-bond acceptors (Lipinski definition) is 4. The molecule has 4 N–H and O–H groups in total. The third-order valence-electron chi connectivity index (χ3n) is 1.16. The third-order valence-corrected chi connectivity index (χ3v) is 1.16. The molecule has 0 aliphatic rings. The number of anilines is 2. The Morgan fingerprint density at radius 3 is 1.73 bits per heavy atom. The van der Waals surface area contributed by atoms with Gasteiger partial charge in [0.2, 0.25) is 0 Å². The van der Waals surface area contributed by atoms with Crippen molar-refractivity contribution in [2.24, 2.45) is 0 Å². The Balaban J connectivity index is 0.000000461. The van der Waals surface area contributed by atoms with Gasteiger partial charge in [-0.2, -0.15) is 0 Å². The van der Waals surface area contributed by atoms with E-state index in [9.17, 15) is 0 Å². The van der Waals surface area contributed by atoms with Crippen LogP contribution < -0.4 is 11.5 Å². The second-order valence-corrected chi connectivity index (χ2v) is 1.77. The summed E-state index contributed by atoms with van der Waals surface area (Å²) in [5, 5.41) is 0. The number of rotatable bonds is 0. The smallest absolute Gasteiger partial charge is 0.131 e. The van der Waals surface area contributed by atoms with Gasteiger partial charge in [0.1, 0.15) is 18.0 Å². The van der Waals surface area contributed by atoms with Crippen LogP contribution in [0.15, 0.2) is 6.33 Å². The molecule has 1 aromatic heterocycles. The molecule has 0 aliphatic heterocycles. The molecule has 0 amide bonds. The first-order valence-corrected chi connectivity index (χ1v) is 3.54. The number of aromatic nitrogens is 2. The maximum Gasteiger partial charge on any atom is 0.131 e. The van der Waals surface area contributed by atoms with E-state index in [0.29, 0.717) is 11.6 Å². The Morgan fingerprint density at radius 2 is 1.45 bits per heavy atom. The predicted molar refractivity (Wildman–Crippen MR) is 46.9 cm³/mol. The molecule has 0 spiro atoms. The second kappa shape index (κ2) is 4.49. The van der Waals surface area contributed by atoms with Gasteiger partial charge in [0, 0.05) is 5.56 Å². The van der Waals surface area contributed by atoms with Crippen LogP contribution in [0.2, 0.25) is 0 Å². The third kappa shape index (κ3) is 2.41. The monoisotopic (exact) mass is 154 g/mol. The quantitative estimate of drug-likeness (QED) is 0.583. The maximum absolute atomic E-state index is 5.39. The average Bonchev–Trinajstić information content (AvgIpc) is 2.04. The number of nitrogens with two attached hydrogens (primary N) is 2. The van der Waals surface area contributed by atoms with Crippen molar-refractivity contribution in [3.05, 3.63) is 11.9 Å². The highest BCUT2D eigenvalue weighted by atomic mass is 15.0. The van der Waals surface area contributed by atoms with Gasteiger partial charge in [0.05, 0.1) is 0 Å². The van der Waals surface area contributed by atoms with E-state index in [2.05, 4.69) is 9.97 Å². The molecule has 1 heterocycles. The summed E-state index contributed by atoms with van der Waals surface area (Å²) in [6.07, 6.45) is 1.34. The number of nitrogen functional groups attached to an aromatic ring is 2. The zero-order valence-corrected chi connectivity index (χ0v) is 7.13. The molecule has 0 saturated heterocycles. The van der Waals surface area contributed by atoms with E-state index in [1.165, 1.54) is 6.33 Å². The molecule has 0 unspecified atom stereocenters. The van der Waals surface area contributed by atoms with Crippen molar-refractivity contribution in [3.8, 4) is 0 Å². The minimum absolute atomic E-state index is 0.447. The van der Waals surface area contributed by atoms with Crippen molar-refractivity contribution in [2.75, 3.05) is 11.5 Å². The highest BCUT2D eigenvalue weighted by molar-refractivity contribution is 5.50. The Bertz CT molecular complexity index is 201. The lowest BCUT2D eigenvalue weighted by Crippen LogP contribution is -2.00. The molecule has 0 aliphatic carbocycles. The first kappa shape index (κ1) is 9.68. The molecular weight excluding hydrogens is 140 g/mol. The van der Waals surface area contributed by atoms with Gasteiger partial charge in [-0.15, -0.1) is 0 Å². The molecule has 0 saturated carbocycles. The van der Waals surface area contributed by atoms with Crippen molar-refractivity contribution in [2.45, 2.75) is 20.8 Å². The van der Waals surface area contributed by atoms with Gasteiger partial charge in [-0.05, 0) is 6.92 Å². The Hall–Kier alpha value is -1.32. The summed E-state index contributed by atoms with van der Waals surface area (Å²) in [6.45, 7) is 5.78. The molecule has 4 nitrogen and oxygen atoms in total. The molecule has 0 aromatic carbocycles. The highest BCUT2D eigenvalue weighted by Gasteiger charge is 1.96. The molecule has 0 atom stereocenters. The summed E-state index contributed by atoms with van der Waals surface area (Å²) in [5.74, 6) is 0.894. The fraction of sp³-hybridized carbons (Fsp3) is 0.429. The molecule has 11 heavy (non-hydrogen) atoms. The van der Waals surface area contributed by atoms with Gasteiger partial charge < -0.3 is 11.5 Å². The first-order chi connectivity index (χ1) is 5.22. The molecule has 1 rings (SSSR count). The lowest BCUT2D eigenvalue weighted by molar-refractivity contribution is 1.15. The van der Waals surface area contributed by atoms with E-state index in [0.717, 1.165) is 5.56 Å². The van der Waals surface area contributed by atoms with Crippen LogP contribution in [0.3, 0.4) is 0 Å². The summed E-state index contributed by atoms with van der Waals surface area (Å²) >= 11 is 0. The molecule has 4 heteroatoms. The zero-order chi connectivity index (χ0) is 8.85. The topological polar surface area (TPSA) is 77.8 Å². The Kier molecular flexibility index (Phi) is 3.95. The van der Waals surface area contributed by atoms with E-state index in [1.54, 1.807) is 6.92 Å². The van der Waals surface area contributed by atoms with Gasteiger partial charge in [-0.1, -0.05) is 13.8 Å². The van der Waals surface area contributed by atoms with Crippen LogP contribution in [0.25, 0.3) is 0 Å². The standard InChI is InChI=1S/C5H8N4.C2H6/c1-3-4(6)8-2-9-5(3)7;1-2/h2H,1H3,(H4,6,7,8,9);1-2H3. The lowest BCUT2D eigenvalue weighted by Gasteiger charge is -1.98. The number of hydrogen-bond donors (Lipinski definition) is 2. The van der Waals surface area contributed by atoms with E-state index < -0.39 is 0 Å². The molecular formula is C7H14N4. The second-order valence-electron chi connectivity index (χ2n) is 1.77. The highest BCUT2D eigenvalue weighted by Crippen LogP contribution is 2.09. The van der Waals surface area contributed by atoms with E-state index >= 15 is 0 Å². The van der Waals surface area contributed by atoms with E-state index in [-0.39, 0.29) is 0 Å².